The standard InChI is InChI=1S/C15H22N2O3/c18-14(19)2-1-7-16-15(20)17-8-12-10-3-4-11(6-5-10)13(12)9-17/h3-4,10-13H,1-2,5-9H2,(H,16,20)(H,18,19). The Kier molecular flexibility index (Phi) is 3.68. The summed E-state index contributed by atoms with van der Waals surface area (Å²) in [5.41, 5.74) is 0. The number of rotatable bonds is 4. The van der Waals surface area contributed by atoms with Gasteiger partial charge in [0.1, 0.15) is 0 Å². The van der Waals surface area contributed by atoms with Gasteiger partial charge < -0.3 is 15.3 Å². The van der Waals surface area contributed by atoms with Crippen molar-refractivity contribution in [3.63, 3.8) is 0 Å². The zero-order valence-corrected chi connectivity index (χ0v) is 11.6. The summed E-state index contributed by atoms with van der Waals surface area (Å²) in [7, 11) is 0. The molecule has 5 heteroatoms. The molecule has 2 amide bonds. The first-order chi connectivity index (χ1) is 9.65. The number of urea groups is 1. The number of carboxylic acid groups (broad SMARTS) is 1. The van der Waals surface area contributed by atoms with Gasteiger partial charge in [0.05, 0.1) is 0 Å². The van der Waals surface area contributed by atoms with Crippen LogP contribution < -0.4 is 5.32 Å². The average Bonchev–Trinajstić information content (AvgIpc) is 2.91. The average molecular weight is 278 g/mol. The molecule has 0 aromatic heterocycles. The van der Waals surface area contributed by atoms with Crippen LogP contribution in [0.25, 0.3) is 0 Å². The van der Waals surface area contributed by atoms with Crippen molar-refractivity contribution in [1.82, 2.24) is 10.2 Å². The Morgan fingerprint density at radius 1 is 1.15 bits per heavy atom. The van der Waals surface area contributed by atoms with Gasteiger partial charge in [-0.15, -0.1) is 0 Å². The summed E-state index contributed by atoms with van der Waals surface area (Å²) in [6.45, 7) is 2.17. The van der Waals surface area contributed by atoms with E-state index in [2.05, 4.69) is 17.5 Å². The molecule has 1 saturated heterocycles. The fourth-order valence-electron chi connectivity index (χ4n) is 4.05. The van der Waals surface area contributed by atoms with Crippen LogP contribution in [0.1, 0.15) is 25.7 Å². The minimum Gasteiger partial charge on any atom is -0.481 e. The monoisotopic (exact) mass is 278 g/mol. The molecule has 4 unspecified atom stereocenters. The highest BCUT2D eigenvalue weighted by Crippen LogP contribution is 2.48. The predicted octanol–water partition coefficient (Wildman–Crippen LogP) is 1.70. The number of likely N-dealkylation sites (tertiary alicyclic amines) is 1. The van der Waals surface area contributed by atoms with Gasteiger partial charge in [0.15, 0.2) is 0 Å². The number of carbonyl (C=O) groups excluding carboxylic acids is 1. The van der Waals surface area contributed by atoms with E-state index in [1.807, 2.05) is 4.90 Å². The molecule has 2 fully saturated rings. The van der Waals surface area contributed by atoms with Crippen molar-refractivity contribution in [1.29, 1.82) is 0 Å². The first kappa shape index (κ1) is 13.5. The topological polar surface area (TPSA) is 69.6 Å². The van der Waals surface area contributed by atoms with E-state index in [9.17, 15) is 9.59 Å². The van der Waals surface area contributed by atoms with Gasteiger partial charge in [-0.2, -0.15) is 0 Å². The maximum atomic E-state index is 12.1. The van der Waals surface area contributed by atoms with Crippen LogP contribution in [0, 0.1) is 23.7 Å². The number of fused-ring (bicyclic) bond motifs is 1. The van der Waals surface area contributed by atoms with Crippen molar-refractivity contribution in [2.75, 3.05) is 19.6 Å². The Hall–Kier alpha value is -1.52. The summed E-state index contributed by atoms with van der Waals surface area (Å²) in [4.78, 5) is 24.5. The van der Waals surface area contributed by atoms with Crippen LogP contribution in [0.2, 0.25) is 0 Å². The summed E-state index contributed by atoms with van der Waals surface area (Å²) in [6.07, 6.45) is 7.86. The van der Waals surface area contributed by atoms with E-state index in [1.54, 1.807) is 0 Å². The lowest BCUT2D eigenvalue weighted by atomic mass is 9.64. The van der Waals surface area contributed by atoms with Gasteiger partial charge in [0.25, 0.3) is 0 Å². The SMILES string of the molecule is O=C(O)CCCNC(=O)N1CC2C3C=CC(CC3)C2C1. The van der Waals surface area contributed by atoms with Crippen LogP contribution in [0.4, 0.5) is 4.79 Å². The van der Waals surface area contributed by atoms with Crippen LogP contribution in [0.5, 0.6) is 0 Å². The predicted molar refractivity (Wildman–Crippen MR) is 74.2 cm³/mol. The minimum absolute atomic E-state index is 0.0239. The lowest BCUT2D eigenvalue weighted by Crippen LogP contribution is -2.39. The zero-order valence-electron chi connectivity index (χ0n) is 11.6. The Bertz CT molecular complexity index is 413. The van der Waals surface area contributed by atoms with E-state index in [0.717, 1.165) is 13.1 Å². The molecule has 0 aromatic rings. The normalized spacial score (nSPS) is 34.1. The van der Waals surface area contributed by atoms with Gasteiger partial charge in [-0.1, -0.05) is 12.2 Å². The van der Waals surface area contributed by atoms with E-state index < -0.39 is 5.97 Å². The second kappa shape index (κ2) is 5.46. The molecule has 2 bridgehead atoms. The number of nitrogens with one attached hydrogen (secondary N) is 1. The third kappa shape index (κ3) is 2.53. The van der Waals surface area contributed by atoms with Gasteiger partial charge in [0.2, 0.25) is 0 Å². The number of aliphatic carboxylic acids is 1. The third-order valence-electron chi connectivity index (χ3n) is 5.08. The molecule has 0 spiro atoms. The number of amides is 2. The molecule has 1 aliphatic heterocycles. The van der Waals surface area contributed by atoms with E-state index in [4.69, 9.17) is 5.11 Å². The number of nitrogens with zero attached hydrogens (tertiary/aromatic N) is 1. The second-order valence-electron chi connectivity index (χ2n) is 6.25. The van der Waals surface area contributed by atoms with Gasteiger partial charge in [0, 0.05) is 26.1 Å². The van der Waals surface area contributed by atoms with Crippen molar-refractivity contribution < 1.29 is 14.7 Å². The van der Waals surface area contributed by atoms with Crippen LogP contribution in [-0.2, 0) is 4.79 Å². The van der Waals surface area contributed by atoms with Crippen molar-refractivity contribution >= 4 is 12.0 Å². The summed E-state index contributed by atoms with van der Waals surface area (Å²) in [5, 5.41) is 11.4. The van der Waals surface area contributed by atoms with E-state index in [1.165, 1.54) is 12.8 Å². The molecule has 4 aliphatic rings. The van der Waals surface area contributed by atoms with Crippen molar-refractivity contribution in [2.45, 2.75) is 25.7 Å². The van der Waals surface area contributed by atoms with Gasteiger partial charge in [-0.05, 0) is 42.9 Å². The molecule has 4 rings (SSSR count). The van der Waals surface area contributed by atoms with Gasteiger partial charge in [-0.3, -0.25) is 4.79 Å². The van der Waals surface area contributed by atoms with Crippen molar-refractivity contribution in [3.8, 4) is 0 Å². The number of allylic oxidation sites excluding steroid dienone is 2. The first-order valence-electron chi connectivity index (χ1n) is 7.58. The van der Waals surface area contributed by atoms with Crippen LogP contribution in [0.3, 0.4) is 0 Å². The molecule has 1 saturated carbocycles. The minimum atomic E-state index is -0.811. The van der Waals surface area contributed by atoms with Crippen molar-refractivity contribution in [3.05, 3.63) is 12.2 Å². The summed E-state index contributed by atoms with van der Waals surface area (Å²) < 4.78 is 0. The highest BCUT2D eigenvalue weighted by molar-refractivity contribution is 5.74. The molecule has 2 N–H and O–H groups in total. The molecule has 20 heavy (non-hydrogen) atoms. The highest BCUT2D eigenvalue weighted by atomic mass is 16.4. The quantitative estimate of drug-likeness (QED) is 0.607. The number of hydrogen-bond donors (Lipinski definition) is 2. The Morgan fingerprint density at radius 3 is 2.25 bits per heavy atom. The molecule has 1 heterocycles. The van der Waals surface area contributed by atoms with Crippen molar-refractivity contribution in [2.24, 2.45) is 23.7 Å². The molecule has 110 valence electrons. The summed E-state index contributed by atoms with van der Waals surface area (Å²) in [6, 6.07) is -0.0239. The number of carbonyl (C=O) groups is 2. The fourth-order valence-corrected chi connectivity index (χ4v) is 4.05. The Morgan fingerprint density at radius 2 is 1.75 bits per heavy atom. The Labute approximate surface area is 119 Å². The molecular formula is C15H22N2O3. The molecular weight excluding hydrogens is 256 g/mol. The summed E-state index contributed by atoms with van der Waals surface area (Å²) in [5.74, 6) is 1.80. The smallest absolute Gasteiger partial charge is 0.317 e. The van der Waals surface area contributed by atoms with E-state index >= 15 is 0 Å². The van der Waals surface area contributed by atoms with Gasteiger partial charge in [-0.25, -0.2) is 4.79 Å². The molecule has 3 aliphatic carbocycles. The van der Waals surface area contributed by atoms with Gasteiger partial charge >= 0.3 is 12.0 Å². The highest BCUT2D eigenvalue weighted by Gasteiger charge is 2.46. The van der Waals surface area contributed by atoms with Crippen LogP contribution >= 0.6 is 0 Å². The number of carboxylic acids is 1. The van der Waals surface area contributed by atoms with E-state index in [-0.39, 0.29) is 12.5 Å². The maximum Gasteiger partial charge on any atom is 0.317 e. The van der Waals surface area contributed by atoms with Crippen LogP contribution in [0.15, 0.2) is 12.2 Å². The molecule has 0 radical (unpaired) electrons. The molecule has 4 atom stereocenters. The number of hydrogen-bond acceptors (Lipinski definition) is 2. The lowest BCUT2D eigenvalue weighted by molar-refractivity contribution is -0.137. The Balaban J connectivity index is 1.48. The lowest BCUT2D eigenvalue weighted by Gasteiger charge is -2.40. The third-order valence-corrected chi connectivity index (χ3v) is 5.08. The second-order valence-corrected chi connectivity index (χ2v) is 6.25. The molecule has 0 aromatic carbocycles. The first-order valence-corrected chi connectivity index (χ1v) is 7.58. The fraction of sp³-hybridized carbons (Fsp3) is 0.733. The molecule has 5 nitrogen and oxygen atoms in total. The van der Waals surface area contributed by atoms with Crippen LogP contribution in [-0.4, -0.2) is 41.6 Å². The maximum absolute atomic E-state index is 12.1. The van der Waals surface area contributed by atoms with E-state index in [0.29, 0.717) is 36.6 Å². The largest absolute Gasteiger partial charge is 0.481 e. The summed E-state index contributed by atoms with van der Waals surface area (Å²) >= 11 is 0. The zero-order chi connectivity index (χ0) is 14.1.